The van der Waals surface area contributed by atoms with Crippen molar-refractivity contribution >= 4 is 114 Å². The fourth-order valence-corrected chi connectivity index (χ4v) is 17.2. The molecule has 3 amide bonds. The number of ether oxygens (including phenoxy) is 2. The Labute approximate surface area is 584 Å². The number of nitrogens with one attached hydrogen (secondary N) is 1. The Morgan fingerprint density at radius 2 is 0.959 bits per heavy atom. The van der Waals surface area contributed by atoms with E-state index in [0.717, 1.165) is 166 Å². The third kappa shape index (κ3) is 11.9. The second-order valence-corrected chi connectivity index (χ2v) is 28.0. The third-order valence-electron chi connectivity index (χ3n) is 20.5. The Balaban J connectivity index is 0.000000118. The van der Waals surface area contributed by atoms with Crippen molar-refractivity contribution in [2.24, 2.45) is 0 Å². The van der Waals surface area contributed by atoms with E-state index in [1.54, 1.807) is 14.2 Å². The van der Waals surface area contributed by atoms with E-state index in [2.05, 4.69) is 74.2 Å². The summed E-state index contributed by atoms with van der Waals surface area (Å²) in [5, 5.41) is 6.28. The predicted molar refractivity (Wildman–Crippen MR) is 382 cm³/mol. The molecule has 0 saturated heterocycles. The molecule has 3 saturated carbocycles. The molecule has 10 aromatic rings. The molecular formula is C74H72BrCl3N14O5. The number of methoxy groups -OCH3 is 2. The molecular weight excluding hydrogens is 1350 g/mol. The van der Waals surface area contributed by atoms with Crippen LogP contribution in [-0.2, 0) is 36.1 Å². The van der Waals surface area contributed by atoms with Gasteiger partial charge in [-0.1, -0.05) is 145 Å². The van der Waals surface area contributed by atoms with E-state index in [-0.39, 0.29) is 34.3 Å². The third-order valence-corrected chi connectivity index (χ3v) is 21.8. The molecule has 23 heteroatoms. The maximum Gasteiger partial charge on any atom is 0.256 e. The van der Waals surface area contributed by atoms with Crippen LogP contribution in [-0.4, -0.2) is 80.8 Å². The maximum atomic E-state index is 13.8. The van der Waals surface area contributed by atoms with Crippen LogP contribution in [0.15, 0.2) is 139 Å². The van der Waals surface area contributed by atoms with Crippen molar-refractivity contribution in [2.45, 2.75) is 132 Å². The molecule has 4 aliphatic carbocycles. The maximum absolute atomic E-state index is 13.8. The summed E-state index contributed by atoms with van der Waals surface area (Å²) in [4.78, 5) is 68.7. The number of anilines is 3. The van der Waals surface area contributed by atoms with Crippen LogP contribution in [0.2, 0.25) is 15.1 Å². The Morgan fingerprint density at radius 3 is 1.45 bits per heavy atom. The van der Waals surface area contributed by atoms with Gasteiger partial charge in [-0.2, -0.15) is 0 Å². The number of nitrogens with zero attached hydrogens (tertiary/aromatic N) is 10. The SMILES string of the molecule is COc1ccc(CN2C(=O)c3c(Cl)cc(-n4ccc5c(N)ncnc54)cc3C23CCCCC3)cc1.COc1ccc(CN2C(=O)c3c(Cl)cc(Br)cc3C23CCCCC3)cc1.Nc1ncnc2c1C=CC2.Nc1ncnc2c1ccn2-c1cc(Cl)c2c(c1)C1(CCCCC1)NC2=O. The number of aromatic nitrogens is 8. The molecule has 0 unspecified atom stereocenters. The molecule has 7 aliphatic rings. The van der Waals surface area contributed by atoms with Crippen LogP contribution in [0.1, 0.15) is 166 Å². The first-order valence-corrected chi connectivity index (χ1v) is 34.8. The van der Waals surface area contributed by atoms with Crippen molar-refractivity contribution in [3.8, 4) is 22.9 Å². The van der Waals surface area contributed by atoms with Gasteiger partial charge in [-0.15, -0.1) is 0 Å². The van der Waals surface area contributed by atoms with Crippen LogP contribution in [0.4, 0.5) is 17.5 Å². The van der Waals surface area contributed by atoms with Gasteiger partial charge in [0.1, 0.15) is 59.2 Å². The second kappa shape index (κ2) is 26.7. The lowest BCUT2D eigenvalue weighted by atomic mass is 9.76. The van der Waals surface area contributed by atoms with Crippen LogP contribution in [0.5, 0.6) is 11.5 Å². The van der Waals surface area contributed by atoms with Gasteiger partial charge in [0.05, 0.1) is 79.1 Å². The minimum atomic E-state index is -0.374. The zero-order chi connectivity index (χ0) is 67.3. The molecule has 7 N–H and O–H groups in total. The topological polar surface area (TPSA) is 253 Å². The van der Waals surface area contributed by atoms with Gasteiger partial charge in [0.2, 0.25) is 0 Å². The minimum Gasteiger partial charge on any atom is -0.497 e. The number of fused-ring (bicyclic) bond motifs is 9. The number of benzene rings is 5. The van der Waals surface area contributed by atoms with Crippen molar-refractivity contribution in [3.63, 3.8) is 0 Å². The molecule has 5 aromatic heterocycles. The van der Waals surface area contributed by atoms with Crippen LogP contribution in [0, 0.1) is 0 Å². The summed E-state index contributed by atoms with van der Waals surface area (Å²) in [5.41, 5.74) is 29.1. The number of carbonyl (C=O) groups is 3. The summed E-state index contributed by atoms with van der Waals surface area (Å²) < 4.78 is 15.4. The number of nitrogens with two attached hydrogens (primary N) is 3. The van der Waals surface area contributed by atoms with E-state index in [1.807, 2.05) is 117 Å². The quantitative estimate of drug-likeness (QED) is 0.110. The number of amides is 3. The van der Waals surface area contributed by atoms with E-state index in [1.165, 1.54) is 38.2 Å². The number of carbonyl (C=O) groups excluding carboxylic acids is 3. The highest BCUT2D eigenvalue weighted by atomic mass is 79.9. The lowest BCUT2D eigenvalue weighted by Gasteiger charge is -2.42. The number of hydrogen-bond acceptors (Lipinski definition) is 14. The number of nitrogen functional groups attached to an aromatic ring is 3. The summed E-state index contributed by atoms with van der Waals surface area (Å²) >= 11 is 23.4. The van der Waals surface area contributed by atoms with Crippen molar-refractivity contribution in [3.05, 3.63) is 210 Å². The summed E-state index contributed by atoms with van der Waals surface area (Å²) in [7, 11) is 3.31. The zero-order valence-electron chi connectivity index (χ0n) is 53.8. The first-order valence-electron chi connectivity index (χ1n) is 32.9. The standard InChI is InChI=1S/C27H26ClN5O2.C21H21BrClNO2.C19H18ClN5O.C7H7N3/c1-35-19-7-5-17(6-8-19)15-33-26(34)23-21(27(33)10-3-2-4-11-27)13-18(14-22(23)28)32-12-9-20-24(29)30-16-31-25(20)32;1-26-16-7-5-14(6-8-16)13-24-20(25)19-17(11-15(22)12-18(19)23)21(24)9-3-2-4-10-21;20-14-9-11(25-7-4-12-16(21)22-10-23-17(12)25)8-13-15(14)18(26)24-19(13)5-2-1-3-6-19;8-7-5-2-1-3-6(5)9-4-10-7/h5-9,12-14,16H,2-4,10-11,15H2,1H3,(H2,29,30,31);5-8,11-12H,2-4,9-10,13H2,1H3;4,7-10H,1-3,5-6H2,(H,24,26)(H2,21,22,23);1-2,4H,3H2,(H2,8,9,10). The molecule has 97 heavy (non-hydrogen) atoms. The Morgan fingerprint density at radius 1 is 0.515 bits per heavy atom. The van der Waals surface area contributed by atoms with Crippen molar-refractivity contribution in [2.75, 3.05) is 31.4 Å². The van der Waals surface area contributed by atoms with Gasteiger partial charge in [0.25, 0.3) is 17.7 Å². The largest absolute Gasteiger partial charge is 0.497 e. The Bertz CT molecular complexity index is 4750. The van der Waals surface area contributed by atoms with Crippen LogP contribution < -0.4 is 32.0 Å². The molecule has 3 spiro atoms. The zero-order valence-corrected chi connectivity index (χ0v) is 57.6. The van der Waals surface area contributed by atoms with Gasteiger partial charge in [0, 0.05) is 53.3 Å². The predicted octanol–water partition coefficient (Wildman–Crippen LogP) is 15.6. The summed E-state index contributed by atoms with van der Waals surface area (Å²) in [6, 6.07) is 31.5. The van der Waals surface area contributed by atoms with Crippen molar-refractivity contribution in [1.82, 2.24) is 54.2 Å². The summed E-state index contributed by atoms with van der Waals surface area (Å²) in [5.74, 6) is 3.07. The average molecular weight is 1420 g/mol. The average Bonchev–Trinajstić information content (AvgIpc) is 1.58. The first-order chi connectivity index (χ1) is 47.0. The van der Waals surface area contributed by atoms with E-state index >= 15 is 0 Å². The van der Waals surface area contributed by atoms with E-state index in [9.17, 15) is 14.4 Å². The molecule has 8 heterocycles. The highest BCUT2D eigenvalue weighted by Crippen LogP contribution is 2.54. The lowest BCUT2D eigenvalue weighted by Crippen LogP contribution is -2.44. The second-order valence-electron chi connectivity index (χ2n) is 25.9. The first kappa shape index (κ1) is 65.2. The van der Waals surface area contributed by atoms with Gasteiger partial charge >= 0.3 is 0 Å². The summed E-state index contributed by atoms with van der Waals surface area (Å²) in [6.07, 6.45) is 29.1. The van der Waals surface area contributed by atoms with E-state index < -0.39 is 0 Å². The monoisotopic (exact) mass is 1420 g/mol. The molecule has 0 radical (unpaired) electrons. The highest BCUT2D eigenvalue weighted by molar-refractivity contribution is 9.10. The fraction of sp³-hybridized carbons (Fsp3) is 0.311. The molecule has 5 aromatic carbocycles. The highest BCUT2D eigenvalue weighted by Gasteiger charge is 2.53. The minimum absolute atomic E-state index is 0.00167. The van der Waals surface area contributed by atoms with Crippen LogP contribution in [0.3, 0.4) is 0 Å². The molecule has 496 valence electrons. The Kier molecular flexibility index (Phi) is 18.0. The normalized spacial score (nSPS) is 17.2. The molecule has 17 rings (SSSR count). The molecule has 3 fully saturated rings. The van der Waals surface area contributed by atoms with Crippen molar-refractivity contribution < 1.29 is 23.9 Å². The molecule has 3 aliphatic heterocycles. The van der Waals surface area contributed by atoms with Crippen LogP contribution in [0.25, 0.3) is 39.5 Å². The van der Waals surface area contributed by atoms with Crippen molar-refractivity contribution in [1.29, 1.82) is 0 Å². The fourth-order valence-electron chi connectivity index (χ4n) is 15.7. The van der Waals surface area contributed by atoms with Gasteiger partial charge < -0.3 is 50.9 Å². The van der Waals surface area contributed by atoms with E-state index in [4.69, 9.17) is 61.5 Å². The summed E-state index contributed by atoms with van der Waals surface area (Å²) in [6.45, 7) is 1.12. The van der Waals surface area contributed by atoms with Gasteiger partial charge in [-0.3, -0.25) is 14.4 Å². The Hall–Kier alpha value is -9.08. The molecule has 0 atom stereocenters. The number of allylic oxidation sites excluding steroid dienone is 1. The number of halogens is 4. The lowest BCUT2D eigenvalue weighted by molar-refractivity contribution is 0.0380. The molecule has 19 nitrogen and oxygen atoms in total. The molecule has 0 bridgehead atoms. The van der Waals surface area contributed by atoms with Gasteiger partial charge in [0.15, 0.2) is 0 Å². The van der Waals surface area contributed by atoms with Crippen LogP contribution >= 0.6 is 50.7 Å². The number of rotatable bonds is 8. The van der Waals surface area contributed by atoms with Gasteiger partial charge in [-0.05, 0) is 139 Å². The number of hydrogen-bond donors (Lipinski definition) is 4. The van der Waals surface area contributed by atoms with Gasteiger partial charge in [-0.25, -0.2) is 29.9 Å². The smallest absolute Gasteiger partial charge is 0.256 e. The van der Waals surface area contributed by atoms with E-state index in [0.29, 0.717) is 67.9 Å².